The highest BCUT2D eigenvalue weighted by Gasteiger charge is 2.16. The van der Waals surface area contributed by atoms with Gasteiger partial charge in [0.15, 0.2) is 0 Å². The van der Waals surface area contributed by atoms with E-state index in [1.165, 1.54) is 11.0 Å². The maximum atomic E-state index is 12.0. The maximum absolute atomic E-state index is 12.0. The molecule has 2 N–H and O–H groups in total. The van der Waals surface area contributed by atoms with Crippen LogP contribution in [0, 0.1) is 0 Å². The molecular weight excluding hydrogens is 246 g/mol. The SMILES string of the molecule is CC(CO)N(C)C(=O)c1ccc(/C=C/C(=O)O)cc1. The van der Waals surface area contributed by atoms with Crippen molar-refractivity contribution in [3.05, 3.63) is 41.5 Å². The molecule has 1 atom stereocenters. The number of carboxylic acid groups (broad SMARTS) is 1. The van der Waals surface area contributed by atoms with Crippen LogP contribution in [0.5, 0.6) is 0 Å². The molecule has 102 valence electrons. The van der Waals surface area contributed by atoms with Crippen molar-refractivity contribution in [1.29, 1.82) is 0 Å². The number of aliphatic hydroxyl groups is 1. The normalized spacial score (nSPS) is 12.4. The Hall–Kier alpha value is -2.14. The summed E-state index contributed by atoms with van der Waals surface area (Å²) < 4.78 is 0. The van der Waals surface area contributed by atoms with E-state index in [1.54, 1.807) is 38.2 Å². The predicted octanol–water partition coefficient (Wildman–Crippen LogP) is 1.24. The molecule has 0 aliphatic heterocycles. The van der Waals surface area contributed by atoms with E-state index in [4.69, 9.17) is 10.2 Å². The van der Waals surface area contributed by atoms with Crippen LogP contribution in [0.1, 0.15) is 22.8 Å². The lowest BCUT2D eigenvalue weighted by Crippen LogP contribution is -2.37. The number of aliphatic carboxylic acids is 1. The Morgan fingerprint density at radius 1 is 1.32 bits per heavy atom. The number of likely N-dealkylation sites (N-methyl/N-ethyl adjacent to an activating group) is 1. The van der Waals surface area contributed by atoms with Gasteiger partial charge in [0.25, 0.3) is 5.91 Å². The molecule has 5 nitrogen and oxygen atoms in total. The molecule has 0 radical (unpaired) electrons. The summed E-state index contributed by atoms with van der Waals surface area (Å²) in [5.41, 5.74) is 1.20. The van der Waals surface area contributed by atoms with Crippen LogP contribution in [0.2, 0.25) is 0 Å². The number of rotatable bonds is 5. The Bertz CT molecular complexity index is 479. The quantitative estimate of drug-likeness (QED) is 0.783. The van der Waals surface area contributed by atoms with Gasteiger partial charge in [0.05, 0.1) is 12.6 Å². The first-order chi connectivity index (χ1) is 8.95. The summed E-state index contributed by atoms with van der Waals surface area (Å²) >= 11 is 0. The van der Waals surface area contributed by atoms with Gasteiger partial charge in [0.2, 0.25) is 0 Å². The van der Waals surface area contributed by atoms with E-state index in [0.717, 1.165) is 6.08 Å². The Morgan fingerprint density at radius 2 is 1.89 bits per heavy atom. The molecule has 1 rings (SSSR count). The van der Waals surface area contributed by atoms with Gasteiger partial charge in [-0.05, 0) is 30.7 Å². The van der Waals surface area contributed by atoms with Crippen LogP contribution in [0.15, 0.2) is 30.3 Å². The molecule has 1 amide bonds. The fourth-order valence-electron chi connectivity index (χ4n) is 1.43. The van der Waals surface area contributed by atoms with E-state index < -0.39 is 5.97 Å². The Balaban J connectivity index is 2.81. The highest BCUT2D eigenvalue weighted by molar-refractivity contribution is 5.94. The minimum absolute atomic E-state index is 0.0956. The van der Waals surface area contributed by atoms with Crippen LogP contribution in [-0.4, -0.2) is 46.7 Å². The summed E-state index contributed by atoms with van der Waals surface area (Å²) in [5, 5.41) is 17.5. The molecule has 0 saturated carbocycles. The second-order valence-corrected chi connectivity index (χ2v) is 4.24. The number of hydrogen-bond acceptors (Lipinski definition) is 3. The molecule has 0 spiro atoms. The number of benzene rings is 1. The lowest BCUT2D eigenvalue weighted by atomic mass is 10.1. The lowest BCUT2D eigenvalue weighted by molar-refractivity contribution is -0.131. The number of amides is 1. The molecule has 0 aliphatic carbocycles. The standard InChI is InChI=1S/C14H17NO4/c1-10(9-16)15(2)14(19)12-6-3-11(4-7-12)5-8-13(17)18/h3-8,10,16H,9H2,1-2H3,(H,17,18)/b8-5+. The molecule has 0 heterocycles. The number of carbonyl (C=O) groups excluding carboxylic acids is 1. The predicted molar refractivity (Wildman–Crippen MR) is 71.8 cm³/mol. The average Bonchev–Trinajstić information content (AvgIpc) is 2.43. The van der Waals surface area contributed by atoms with Gasteiger partial charge in [-0.15, -0.1) is 0 Å². The average molecular weight is 263 g/mol. The second kappa shape index (κ2) is 6.70. The summed E-state index contributed by atoms with van der Waals surface area (Å²) in [6.07, 6.45) is 2.49. The molecule has 19 heavy (non-hydrogen) atoms. The van der Waals surface area contributed by atoms with Gasteiger partial charge < -0.3 is 15.1 Å². The molecule has 0 aromatic heterocycles. The third-order valence-corrected chi connectivity index (χ3v) is 2.82. The summed E-state index contributed by atoms with van der Waals surface area (Å²) in [6.45, 7) is 1.66. The third-order valence-electron chi connectivity index (χ3n) is 2.82. The zero-order valence-electron chi connectivity index (χ0n) is 10.9. The zero-order chi connectivity index (χ0) is 14.4. The highest BCUT2D eigenvalue weighted by Crippen LogP contribution is 2.10. The smallest absolute Gasteiger partial charge is 0.328 e. The van der Waals surface area contributed by atoms with Gasteiger partial charge >= 0.3 is 5.97 Å². The maximum Gasteiger partial charge on any atom is 0.328 e. The minimum atomic E-state index is -1.02. The van der Waals surface area contributed by atoms with Gasteiger partial charge in [0.1, 0.15) is 0 Å². The van der Waals surface area contributed by atoms with Crippen molar-refractivity contribution >= 4 is 18.0 Å². The van der Waals surface area contributed by atoms with Crippen molar-refractivity contribution in [1.82, 2.24) is 4.90 Å². The zero-order valence-corrected chi connectivity index (χ0v) is 10.9. The van der Waals surface area contributed by atoms with Crippen LogP contribution in [0.25, 0.3) is 6.08 Å². The largest absolute Gasteiger partial charge is 0.478 e. The number of hydrogen-bond donors (Lipinski definition) is 2. The van der Waals surface area contributed by atoms with Crippen molar-refractivity contribution in [2.75, 3.05) is 13.7 Å². The first-order valence-electron chi connectivity index (χ1n) is 5.84. The van der Waals surface area contributed by atoms with Crippen molar-refractivity contribution in [2.45, 2.75) is 13.0 Å². The number of aliphatic hydroxyl groups excluding tert-OH is 1. The highest BCUT2D eigenvalue weighted by atomic mass is 16.4. The van der Waals surface area contributed by atoms with Gasteiger partial charge in [-0.25, -0.2) is 4.79 Å². The van der Waals surface area contributed by atoms with Crippen LogP contribution in [0.4, 0.5) is 0 Å². The molecule has 1 aromatic rings. The lowest BCUT2D eigenvalue weighted by Gasteiger charge is -2.23. The van der Waals surface area contributed by atoms with E-state index >= 15 is 0 Å². The summed E-state index contributed by atoms with van der Waals surface area (Å²) in [5.74, 6) is -1.20. The van der Waals surface area contributed by atoms with E-state index in [9.17, 15) is 9.59 Å². The van der Waals surface area contributed by atoms with Crippen molar-refractivity contribution < 1.29 is 19.8 Å². The van der Waals surface area contributed by atoms with Crippen LogP contribution >= 0.6 is 0 Å². The van der Waals surface area contributed by atoms with E-state index in [2.05, 4.69) is 0 Å². The molecule has 1 aromatic carbocycles. The minimum Gasteiger partial charge on any atom is -0.478 e. The Kier molecular flexibility index (Phi) is 5.26. The van der Waals surface area contributed by atoms with Gasteiger partial charge in [-0.2, -0.15) is 0 Å². The number of nitrogens with zero attached hydrogens (tertiary/aromatic N) is 1. The first kappa shape index (κ1) is 14.9. The van der Waals surface area contributed by atoms with Crippen molar-refractivity contribution in [3.63, 3.8) is 0 Å². The molecular formula is C14H17NO4. The van der Waals surface area contributed by atoms with E-state index in [0.29, 0.717) is 11.1 Å². The van der Waals surface area contributed by atoms with Crippen molar-refractivity contribution in [3.8, 4) is 0 Å². The van der Waals surface area contributed by atoms with Gasteiger partial charge in [-0.1, -0.05) is 12.1 Å². The van der Waals surface area contributed by atoms with E-state index in [1.807, 2.05) is 0 Å². The van der Waals surface area contributed by atoms with Gasteiger partial charge in [0, 0.05) is 18.7 Å². The fourth-order valence-corrected chi connectivity index (χ4v) is 1.43. The van der Waals surface area contributed by atoms with Gasteiger partial charge in [-0.3, -0.25) is 4.79 Å². The second-order valence-electron chi connectivity index (χ2n) is 4.24. The number of carboxylic acids is 1. The molecule has 1 unspecified atom stereocenters. The Morgan fingerprint density at radius 3 is 2.37 bits per heavy atom. The molecule has 5 heteroatoms. The van der Waals surface area contributed by atoms with Crippen molar-refractivity contribution in [2.24, 2.45) is 0 Å². The molecule has 0 aliphatic rings. The fraction of sp³-hybridized carbons (Fsp3) is 0.286. The molecule has 0 saturated heterocycles. The topological polar surface area (TPSA) is 77.8 Å². The van der Waals surface area contributed by atoms with E-state index in [-0.39, 0.29) is 18.6 Å². The van der Waals surface area contributed by atoms with Crippen LogP contribution < -0.4 is 0 Å². The summed E-state index contributed by atoms with van der Waals surface area (Å²) in [4.78, 5) is 23.9. The monoisotopic (exact) mass is 263 g/mol. The molecule has 0 fully saturated rings. The summed E-state index contributed by atoms with van der Waals surface area (Å²) in [6, 6.07) is 6.35. The Labute approximate surface area is 111 Å². The third kappa shape index (κ3) is 4.22. The molecule has 0 bridgehead atoms. The summed E-state index contributed by atoms with van der Waals surface area (Å²) in [7, 11) is 1.63. The first-order valence-corrected chi connectivity index (χ1v) is 5.84. The van der Waals surface area contributed by atoms with Crippen LogP contribution in [-0.2, 0) is 4.79 Å². The number of carbonyl (C=O) groups is 2. The van der Waals surface area contributed by atoms with Crippen LogP contribution in [0.3, 0.4) is 0 Å².